The monoisotopic (exact) mass is 406 g/mol. The quantitative estimate of drug-likeness (QED) is 0.706. The summed E-state index contributed by atoms with van der Waals surface area (Å²) < 4.78 is 5.88. The Kier molecular flexibility index (Phi) is 5.47. The first-order valence-corrected chi connectivity index (χ1v) is 10.4. The Morgan fingerprint density at radius 3 is 2.45 bits per heavy atom. The predicted octanol–water partition coefficient (Wildman–Crippen LogP) is 3.35. The molecule has 6 heteroatoms. The fourth-order valence-electron chi connectivity index (χ4n) is 3.62. The van der Waals surface area contributed by atoms with Gasteiger partial charge in [-0.2, -0.15) is 0 Å². The van der Waals surface area contributed by atoms with Crippen LogP contribution in [0.25, 0.3) is 10.4 Å². The van der Waals surface area contributed by atoms with E-state index in [1.54, 1.807) is 28.4 Å². The summed E-state index contributed by atoms with van der Waals surface area (Å²) in [4.78, 5) is 28.1. The van der Waals surface area contributed by atoms with E-state index in [-0.39, 0.29) is 19.1 Å². The second kappa shape index (κ2) is 8.19. The molecule has 0 spiro atoms. The predicted molar refractivity (Wildman–Crippen MR) is 114 cm³/mol. The number of carbonyl (C=O) groups is 2. The molecule has 148 valence electrons. The van der Waals surface area contributed by atoms with Crippen LogP contribution in [-0.4, -0.2) is 42.0 Å². The van der Waals surface area contributed by atoms with Crippen LogP contribution in [0.1, 0.15) is 15.9 Å². The van der Waals surface area contributed by atoms with Gasteiger partial charge in [0.05, 0.1) is 13.2 Å². The Labute approximate surface area is 173 Å². The third-order valence-corrected chi connectivity index (χ3v) is 6.11. The number of benzene rings is 2. The van der Waals surface area contributed by atoms with Crippen LogP contribution in [0.3, 0.4) is 0 Å². The summed E-state index contributed by atoms with van der Waals surface area (Å²) in [6, 6.07) is 21.2. The molecule has 2 heterocycles. The Morgan fingerprint density at radius 2 is 1.79 bits per heavy atom. The number of amides is 2. The second-order valence-electron chi connectivity index (χ2n) is 7.15. The minimum atomic E-state index is -1.23. The first-order valence-electron chi connectivity index (χ1n) is 9.48. The van der Waals surface area contributed by atoms with Crippen molar-refractivity contribution in [3.8, 4) is 10.4 Å². The van der Waals surface area contributed by atoms with Crippen LogP contribution in [0.15, 0.2) is 72.1 Å². The van der Waals surface area contributed by atoms with Gasteiger partial charge >= 0.3 is 0 Å². The van der Waals surface area contributed by atoms with Crippen LogP contribution < -0.4 is 5.73 Å². The van der Waals surface area contributed by atoms with Crippen molar-refractivity contribution in [2.24, 2.45) is 5.73 Å². The lowest BCUT2D eigenvalue weighted by Crippen LogP contribution is -2.61. The highest BCUT2D eigenvalue weighted by atomic mass is 32.1. The van der Waals surface area contributed by atoms with Gasteiger partial charge in [0.1, 0.15) is 0 Å². The van der Waals surface area contributed by atoms with Gasteiger partial charge in [0.25, 0.3) is 11.8 Å². The molecule has 0 radical (unpaired) electrons. The molecular weight excluding hydrogens is 384 g/mol. The van der Waals surface area contributed by atoms with E-state index in [1.165, 1.54) is 4.88 Å². The molecular formula is C23H22N2O3S. The molecule has 1 atom stereocenters. The zero-order valence-corrected chi connectivity index (χ0v) is 16.7. The average Bonchev–Trinajstić information content (AvgIpc) is 3.29. The zero-order chi connectivity index (χ0) is 20.3. The molecule has 1 fully saturated rings. The summed E-state index contributed by atoms with van der Waals surface area (Å²) in [5.41, 5.74) is 7.19. The van der Waals surface area contributed by atoms with Gasteiger partial charge in [0.15, 0.2) is 5.60 Å². The number of nitrogens with zero attached hydrogens (tertiary/aromatic N) is 1. The summed E-state index contributed by atoms with van der Waals surface area (Å²) >= 11 is 1.68. The number of thiophene rings is 1. The number of primary amides is 1. The van der Waals surface area contributed by atoms with E-state index in [4.69, 9.17) is 10.5 Å². The Morgan fingerprint density at radius 1 is 1.03 bits per heavy atom. The SMILES string of the molecule is NC(=O)C1(Cc2ccc(-c3cccs3)cc2)CN(C(=O)c2ccccc2)CCO1. The third kappa shape index (κ3) is 4.09. The van der Waals surface area contributed by atoms with Crippen LogP contribution in [0, 0.1) is 0 Å². The molecule has 1 aromatic heterocycles. The maximum Gasteiger partial charge on any atom is 0.254 e. The number of morpholine rings is 1. The molecule has 5 nitrogen and oxygen atoms in total. The van der Waals surface area contributed by atoms with E-state index in [0.29, 0.717) is 18.5 Å². The largest absolute Gasteiger partial charge is 0.367 e. The maximum absolute atomic E-state index is 12.9. The summed E-state index contributed by atoms with van der Waals surface area (Å²) in [7, 11) is 0. The number of hydrogen-bond donors (Lipinski definition) is 1. The van der Waals surface area contributed by atoms with E-state index < -0.39 is 11.5 Å². The van der Waals surface area contributed by atoms with Gasteiger partial charge in [-0.3, -0.25) is 9.59 Å². The van der Waals surface area contributed by atoms with Gasteiger partial charge in [0, 0.05) is 23.4 Å². The van der Waals surface area contributed by atoms with E-state index in [9.17, 15) is 9.59 Å². The maximum atomic E-state index is 12.9. The van der Waals surface area contributed by atoms with Crippen molar-refractivity contribution in [1.29, 1.82) is 0 Å². The molecule has 1 saturated heterocycles. The Hall–Kier alpha value is -2.96. The minimum Gasteiger partial charge on any atom is -0.367 e. The average molecular weight is 407 g/mol. The van der Waals surface area contributed by atoms with Gasteiger partial charge in [-0.15, -0.1) is 11.3 Å². The molecule has 4 rings (SSSR count). The summed E-state index contributed by atoms with van der Waals surface area (Å²) in [5.74, 6) is -0.669. The van der Waals surface area contributed by atoms with Crippen LogP contribution >= 0.6 is 11.3 Å². The van der Waals surface area contributed by atoms with E-state index >= 15 is 0 Å². The lowest BCUT2D eigenvalue weighted by atomic mass is 9.91. The van der Waals surface area contributed by atoms with Crippen molar-refractivity contribution >= 4 is 23.2 Å². The van der Waals surface area contributed by atoms with E-state index in [2.05, 4.69) is 6.07 Å². The number of rotatable bonds is 5. The highest BCUT2D eigenvalue weighted by molar-refractivity contribution is 7.13. The summed E-state index contributed by atoms with van der Waals surface area (Å²) in [6.07, 6.45) is 0.325. The lowest BCUT2D eigenvalue weighted by Gasteiger charge is -2.40. The van der Waals surface area contributed by atoms with E-state index in [1.807, 2.05) is 53.9 Å². The van der Waals surface area contributed by atoms with Crippen LogP contribution in [0.2, 0.25) is 0 Å². The van der Waals surface area contributed by atoms with Crippen LogP contribution in [-0.2, 0) is 16.0 Å². The fourth-order valence-corrected chi connectivity index (χ4v) is 4.36. The molecule has 0 saturated carbocycles. The van der Waals surface area contributed by atoms with Gasteiger partial charge in [0.2, 0.25) is 0 Å². The highest BCUT2D eigenvalue weighted by Crippen LogP contribution is 2.28. The number of hydrogen-bond acceptors (Lipinski definition) is 4. The topological polar surface area (TPSA) is 72.6 Å². The standard InChI is InChI=1S/C23H22N2O3S/c24-22(27)23(15-17-8-10-18(11-9-17)20-7-4-14-29-20)16-25(12-13-28-23)21(26)19-5-2-1-3-6-19/h1-11,14H,12-13,15-16H2,(H2,24,27). The van der Waals surface area contributed by atoms with Crippen molar-refractivity contribution in [3.63, 3.8) is 0 Å². The second-order valence-corrected chi connectivity index (χ2v) is 8.10. The number of carbonyl (C=O) groups excluding carboxylic acids is 2. The molecule has 2 aromatic carbocycles. The molecule has 3 aromatic rings. The third-order valence-electron chi connectivity index (χ3n) is 5.19. The van der Waals surface area contributed by atoms with Gasteiger partial charge < -0.3 is 15.4 Å². The highest BCUT2D eigenvalue weighted by Gasteiger charge is 2.43. The zero-order valence-electron chi connectivity index (χ0n) is 15.9. The molecule has 1 unspecified atom stereocenters. The van der Waals surface area contributed by atoms with Crippen molar-refractivity contribution in [2.75, 3.05) is 19.7 Å². The first-order chi connectivity index (χ1) is 14.1. The molecule has 2 N–H and O–H groups in total. The first kappa shape index (κ1) is 19.4. The summed E-state index contributed by atoms with van der Waals surface area (Å²) in [6.45, 7) is 0.845. The molecule has 1 aliphatic rings. The Balaban J connectivity index is 1.54. The normalized spacial score (nSPS) is 19.1. The number of ether oxygens (including phenoxy) is 1. The van der Waals surface area contributed by atoms with Gasteiger partial charge in [-0.25, -0.2) is 0 Å². The molecule has 2 amide bonds. The molecule has 0 aliphatic carbocycles. The molecule has 1 aliphatic heterocycles. The van der Waals surface area contributed by atoms with Gasteiger partial charge in [-0.05, 0) is 34.7 Å². The van der Waals surface area contributed by atoms with Crippen LogP contribution in [0.4, 0.5) is 0 Å². The molecule has 0 bridgehead atoms. The minimum absolute atomic E-state index is 0.118. The lowest BCUT2D eigenvalue weighted by molar-refractivity contribution is -0.153. The Bertz CT molecular complexity index is 987. The summed E-state index contributed by atoms with van der Waals surface area (Å²) in [5, 5.41) is 2.04. The smallest absolute Gasteiger partial charge is 0.254 e. The van der Waals surface area contributed by atoms with Crippen molar-refractivity contribution in [1.82, 2.24) is 4.90 Å². The van der Waals surface area contributed by atoms with Gasteiger partial charge in [-0.1, -0.05) is 48.5 Å². The van der Waals surface area contributed by atoms with Crippen molar-refractivity contribution in [2.45, 2.75) is 12.0 Å². The van der Waals surface area contributed by atoms with Crippen molar-refractivity contribution in [3.05, 3.63) is 83.2 Å². The van der Waals surface area contributed by atoms with E-state index in [0.717, 1.165) is 11.1 Å². The molecule has 29 heavy (non-hydrogen) atoms. The fraction of sp³-hybridized carbons (Fsp3) is 0.217. The van der Waals surface area contributed by atoms with Crippen molar-refractivity contribution < 1.29 is 14.3 Å². The number of nitrogens with two attached hydrogens (primary N) is 1. The van der Waals surface area contributed by atoms with Crippen LogP contribution in [0.5, 0.6) is 0 Å².